The Morgan fingerprint density at radius 1 is 1.22 bits per heavy atom. The van der Waals surface area contributed by atoms with Crippen LogP contribution in [0.3, 0.4) is 0 Å². The van der Waals surface area contributed by atoms with Gasteiger partial charge < -0.3 is 5.32 Å². The van der Waals surface area contributed by atoms with Crippen molar-refractivity contribution in [1.82, 2.24) is 9.97 Å². The fourth-order valence-corrected chi connectivity index (χ4v) is 1.25. The Bertz CT molecular complexity index is 590. The van der Waals surface area contributed by atoms with Gasteiger partial charge in [0.15, 0.2) is 5.82 Å². The lowest BCUT2D eigenvalue weighted by atomic mass is 10.2. The van der Waals surface area contributed by atoms with Crippen molar-refractivity contribution >= 4 is 11.7 Å². The van der Waals surface area contributed by atoms with Gasteiger partial charge in [0.05, 0.1) is 5.56 Å². The summed E-state index contributed by atoms with van der Waals surface area (Å²) in [6.07, 6.45) is 1.40. The number of halogens is 3. The number of hydrogen-bond donors (Lipinski definition) is 1. The highest BCUT2D eigenvalue weighted by molar-refractivity contribution is 6.03. The molecule has 0 atom stereocenters. The highest BCUT2D eigenvalue weighted by Crippen LogP contribution is 2.13. The summed E-state index contributed by atoms with van der Waals surface area (Å²) in [6, 6.07) is 5.16. The van der Waals surface area contributed by atoms with Crippen LogP contribution in [0, 0.1) is 17.7 Å². The summed E-state index contributed by atoms with van der Waals surface area (Å²) in [5.41, 5.74) is -0.773. The van der Waals surface area contributed by atoms with Crippen LogP contribution in [-0.4, -0.2) is 15.9 Å². The summed E-state index contributed by atoms with van der Waals surface area (Å²) >= 11 is 0. The molecule has 0 fully saturated rings. The van der Waals surface area contributed by atoms with E-state index >= 15 is 0 Å². The number of aromatic nitrogens is 2. The first-order valence-electron chi connectivity index (χ1n) is 4.82. The van der Waals surface area contributed by atoms with Crippen molar-refractivity contribution in [1.29, 1.82) is 0 Å². The van der Waals surface area contributed by atoms with E-state index in [2.05, 4.69) is 15.3 Å². The van der Waals surface area contributed by atoms with E-state index in [0.717, 1.165) is 0 Å². The molecule has 18 heavy (non-hydrogen) atoms. The van der Waals surface area contributed by atoms with Gasteiger partial charge in [0, 0.05) is 12.3 Å². The van der Waals surface area contributed by atoms with Crippen molar-refractivity contribution in [3.8, 4) is 0 Å². The molecule has 92 valence electrons. The molecule has 0 saturated heterocycles. The monoisotopic (exact) mass is 253 g/mol. The van der Waals surface area contributed by atoms with Crippen molar-refractivity contribution in [3.05, 3.63) is 53.7 Å². The Kier molecular flexibility index (Phi) is 3.22. The second kappa shape index (κ2) is 4.82. The third kappa shape index (κ3) is 2.45. The number of amides is 1. The van der Waals surface area contributed by atoms with Gasteiger partial charge in [-0.2, -0.15) is 13.8 Å². The number of anilines is 1. The Morgan fingerprint density at radius 3 is 2.67 bits per heavy atom. The van der Waals surface area contributed by atoms with E-state index in [1.807, 2.05) is 0 Å². The molecule has 2 aromatic rings. The van der Waals surface area contributed by atoms with Crippen LogP contribution in [0.2, 0.25) is 0 Å². The summed E-state index contributed by atoms with van der Waals surface area (Å²) in [7, 11) is 0. The average Bonchev–Trinajstić information content (AvgIpc) is 2.35. The third-order valence-electron chi connectivity index (χ3n) is 2.04. The van der Waals surface area contributed by atoms with E-state index in [1.54, 1.807) is 12.1 Å². The molecule has 2 heterocycles. The van der Waals surface area contributed by atoms with Crippen LogP contribution in [0.5, 0.6) is 0 Å². The largest absolute Gasteiger partial charge is 0.306 e. The molecule has 0 spiro atoms. The Balaban J connectivity index is 2.30. The fraction of sp³-hybridized carbons (Fsp3) is 0. The molecule has 1 N–H and O–H groups in total. The molecule has 0 unspecified atom stereocenters. The third-order valence-corrected chi connectivity index (χ3v) is 2.04. The number of hydrogen-bond acceptors (Lipinski definition) is 3. The predicted octanol–water partition coefficient (Wildman–Crippen LogP) is 2.15. The summed E-state index contributed by atoms with van der Waals surface area (Å²) in [6.45, 7) is 0. The Labute approximate surface area is 99.5 Å². The maximum absolute atomic E-state index is 13.2. The zero-order chi connectivity index (χ0) is 13.1. The van der Waals surface area contributed by atoms with Crippen LogP contribution < -0.4 is 5.32 Å². The molecule has 0 radical (unpaired) electrons. The smallest absolute Gasteiger partial charge is 0.260 e. The van der Waals surface area contributed by atoms with Crippen LogP contribution in [-0.2, 0) is 0 Å². The van der Waals surface area contributed by atoms with Crippen molar-refractivity contribution in [2.75, 3.05) is 5.32 Å². The Morgan fingerprint density at radius 2 is 2.00 bits per heavy atom. The molecule has 0 aliphatic heterocycles. The minimum atomic E-state index is -1.67. The van der Waals surface area contributed by atoms with Crippen LogP contribution in [0.15, 0.2) is 30.5 Å². The summed E-state index contributed by atoms with van der Waals surface area (Å²) in [5, 5.41) is 2.20. The van der Waals surface area contributed by atoms with Gasteiger partial charge >= 0.3 is 0 Å². The van der Waals surface area contributed by atoms with E-state index in [4.69, 9.17) is 0 Å². The van der Waals surface area contributed by atoms with Gasteiger partial charge in [0.1, 0.15) is 5.82 Å². The maximum Gasteiger partial charge on any atom is 0.260 e. The zero-order valence-electron chi connectivity index (χ0n) is 8.82. The minimum absolute atomic E-state index is 0.138. The molecule has 0 saturated carbocycles. The van der Waals surface area contributed by atoms with Gasteiger partial charge in [-0.15, -0.1) is 0 Å². The summed E-state index contributed by atoms with van der Waals surface area (Å²) < 4.78 is 38.9. The van der Waals surface area contributed by atoms with Gasteiger partial charge in [-0.05, 0) is 12.1 Å². The number of nitrogens with zero attached hydrogens (tertiary/aromatic N) is 2. The molecular weight excluding hydrogens is 247 g/mol. The molecule has 2 rings (SSSR count). The number of pyridine rings is 2. The van der Waals surface area contributed by atoms with Gasteiger partial charge in [0.2, 0.25) is 5.95 Å². The van der Waals surface area contributed by atoms with Crippen LogP contribution in [0.4, 0.5) is 19.0 Å². The average molecular weight is 253 g/mol. The summed E-state index contributed by atoms with van der Waals surface area (Å²) in [5.74, 6) is -5.32. The molecule has 0 aliphatic rings. The first-order valence-corrected chi connectivity index (χ1v) is 4.82. The first-order chi connectivity index (χ1) is 8.58. The van der Waals surface area contributed by atoms with Gasteiger partial charge in [-0.25, -0.2) is 9.37 Å². The van der Waals surface area contributed by atoms with E-state index in [9.17, 15) is 18.0 Å². The van der Waals surface area contributed by atoms with Gasteiger partial charge in [0.25, 0.3) is 11.9 Å². The standard InChI is InChI=1S/C11H6F3N3O/c12-7-5-6(9(13)10(14)16-7)11(18)17-8-3-1-2-4-15-8/h1-5H,(H,15,17,18). The fourth-order valence-electron chi connectivity index (χ4n) is 1.25. The van der Waals surface area contributed by atoms with Gasteiger partial charge in [-0.1, -0.05) is 6.07 Å². The molecule has 0 bridgehead atoms. The normalized spacial score (nSPS) is 10.2. The number of carbonyl (C=O) groups is 1. The van der Waals surface area contributed by atoms with Crippen LogP contribution in [0.1, 0.15) is 10.4 Å². The lowest BCUT2D eigenvalue weighted by Gasteiger charge is -2.05. The van der Waals surface area contributed by atoms with Crippen molar-refractivity contribution in [2.24, 2.45) is 0 Å². The predicted molar refractivity (Wildman–Crippen MR) is 56.3 cm³/mol. The minimum Gasteiger partial charge on any atom is -0.306 e. The first kappa shape index (κ1) is 12.0. The van der Waals surface area contributed by atoms with Crippen molar-refractivity contribution in [2.45, 2.75) is 0 Å². The van der Waals surface area contributed by atoms with Crippen LogP contribution >= 0.6 is 0 Å². The quantitative estimate of drug-likeness (QED) is 0.834. The molecule has 4 nitrogen and oxygen atoms in total. The van der Waals surface area contributed by atoms with Crippen LogP contribution in [0.25, 0.3) is 0 Å². The van der Waals surface area contributed by atoms with Crippen molar-refractivity contribution in [3.63, 3.8) is 0 Å². The topological polar surface area (TPSA) is 54.9 Å². The second-order valence-corrected chi connectivity index (χ2v) is 3.27. The van der Waals surface area contributed by atoms with E-state index in [-0.39, 0.29) is 5.82 Å². The van der Waals surface area contributed by atoms with E-state index in [0.29, 0.717) is 6.07 Å². The molecule has 0 aromatic carbocycles. The molecule has 7 heteroatoms. The Hall–Kier alpha value is -2.44. The second-order valence-electron chi connectivity index (χ2n) is 3.27. The number of rotatable bonds is 2. The van der Waals surface area contributed by atoms with Crippen molar-refractivity contribution < 1.29 is 18.0 Å². The highest BCUT2D eigenvalue weighted by Gasteiger charge is 2.19. The molecular formula is C11H6F3N3O. The van der Waals surface area contributed by atoms with E-state index in [1.165, 1.54) is 12.3 Å². The number of carbonyl (C=O) groups excluding carboxylic acids is 1. The highest BCUT2D eigenvalue weighted by atomic mass is 19.2. The lowest BCUT2D eigenvalue weighted by molar-refractivity contribution is 0.102. The lowest BCUT2D eigenvalue weighted by Crippen LogP contribution is -2.16. The zero-order valence-corrected chi connectivity index (χ0v) is 8.82. The SMILES string of the molecule is O=C(Nc1ccccn1)c1cc(F)nc(F)c1F. The van der Waals surface area contributed by atoms with E-state index < -0.39 is 29.2 Å². The number of nitrogens with one attached hydrogen (secondary N) is 1. The van der Waals surface area contributed by atoms with Gasteiger partial charge in [-0.3, -0.25) is 4.79 Å². The molecule has 2 aromatic heterocycles. The maximum atomic E-state index is 13.2. The molecule has 1 amide bonds. The molecule has 0 aliphatic carbocycles. The summed E-state index contributed by atoms with van der Waals surface area (Å²) in [4.78, 5) is 18.0.